The van der Waals surface area contributed by atoms with Crippen LogP contribution in [0.15, 0.2) is 24.3 Å². The van der Waals surface area contributed by atoms with E-state index in [1.165, 1.54) is 12.1 Å². The Morgan fingerprint density at radius 2 is 2.05 bits per heavy atom. The van der Waals surface area contributed by atoms with Gasteiger partial charge in [-0.2, -0.15) is 0 Å². The normalized spacial score (nSPS) is 10.1. The minimum atomic E-state index is -0.519. The maximum absolute atomic E-state index is 12.0. The van der Waals surface area contributed by atoms with Crippen molar-refractivity contribution in [2.45, 2.75) is 26.7 Å². The minimum absolute atomic E-state index is 0.123. The van der Waals surface area contributed by atoms with E-state index in [4.69, 9.17) is 4.74 Å². The summed E-state index contributed by atoms with van der Waals surface area (Å²) in [7, 11) is 0. The quantitative estimate of drug-likeness (QED) is 0.542. The van der Waals surface area contributed by atoms with Crippen molar-refractivity contribution in [3.05, 3.63) is 34.4 Å². The fourth-order valence-corrected chi connectivity index (χ4v) is 1.77. The van der Waals surface area contributed by atoms with Gasteiger partial charge >= 0.3 is 5.69 Å². The molecule has 6 heteroatoms. The van der Waals surface area contributed by atoms with Gasteiger partial charge in [-0.05, 0) is 19.4 Å². The van der Waals surface area contributed by atoms with E-state index < -0.39 is 4.92 Å². The van der Waals surface area contributed by atoms with Gasteiger partial charge in [0.25, 0.3) is 5.91 Å². The maximum atomic E-state index is 12.0. The van der Waals surface area contributed by atoms with Crippen molar-refractivity contribution in [2.24, 2.45) is 0 Å². The number of nitro groups is 1. The predicted molar refractivity (Wildman–Crippen MR) is 75.8 cm³/mol. The van der Waals surface area contributed by atoms with Crippen LogP contribution >= 0.6 is 0 Å². The standard InChI is InChI=1S/C14H20N2O4/c1-3-5-10-15(4-2)14(17)11-20-13-9-7-6-8-12(13)16(18)19/h6-9H,3-5,10-11H2,1-2H3. The Morgan fingerprint density at radius 3 is 2.65 bits per heavy atom. The zero-order chi connectivity index (χ0) is 15.0. The SMILES string of the molecule is CCCCN(CC)C(=O)COc1ccccc1[N+](=O)[O-]. The highest BCUT2D eigenvalue weighted by molar-refractivity contribution is 5.77. The summed E-state index contributed by atoms with van der Waals surface area (Å²) < 4.78 is 5.29. The van der Waals surface area contributed by atoms with Gasteiger partial charge in [-0.3, -0.25) is 14.9 Å². The molecule has 110 valence electrons. The Labute approximate surface area is 118 Å². The average molecular weight is 280 g/mol. The van der Waals surface area contributed by atoms with E-state index in [0.29, 0.717) is 13.1 Å². The van der Waals surface area contributed by atoms with E-state index in [1.807, 2.05) is 6.92 Å². The summed E-state index contributed by atoms with van der Waals surface area (Å²) in [6, 6.07) is 6.05. The first-order chi connectivity index (χ1) is 9.60. The van der Waals surface area contributed by atoms with Gasteiger partial charge in [0.1, 0.15) is 0 Å². The van der Waals surface area contributed by atoms with E-state index in [-0.39, 0.29) is 24.0 Å². The highest BCUT2D eigenvalue weighted by Gasteiger charge is 2.17. The molecular weight excluding hydrogens is 260 g/mol. The van der Waals surface area contributed by atoms with Gasteiger partial charge in [0.15, 0.2) is 12.4 Å². The monoisotopic (exact) mass is 280 g/mol. The number of para-hydroxylation sites is 2. The van der Waals surface area contributed by atoms with Crippen molar-refractivity contribution in [1.29, 1.82) is 0 Å². The molecule has 0 fully saturated rings. The molecule has 0 atom stereocenters. The number of ether oxygens (including phenoxy) is 1. The Morgan fingerprint density at radius 1 is 1.35 bits per heavy atom. The third-order valence-corrected chi connectivity index (χ3v) is 2.93. The topological polar surface area (TPSA) is 72.7 Å². The third kappa shape index (κ3) is 4.53. The number of amides is 1. The van der Waals surface area contributed by atoms with Crippen molar-refractivity contribution in [3.63, 3.8) is 0 Å². The molecule has 0 aliphatic carbocycles. The largest absolute Gasteiger partial charge is 0.477 e. The van der Waals surface area contributed by atoms with Gasteiger partial charge in [0, 0.05) is 19.2 Å². The Balaban J connectivity index is 2.62. The molecule has 6 nitrogen and oxygen atoms in total. The summed E-state index contributed by atoms with van der Waals surface area (Å²) in [6.07, 6.45) is 1.94. The van der Waals surface area contributed by atoms with Crippen LogP contribution in [0.1, 0.15) is 26.7 Å². The van der Waals surface area contributed by atoms with Crippen LogP contribution in [-0.2, 0) is 4.79 Å². The van der Waals surface area contributed by atoms with Gasteiger partial charge in [0.2, 0.25) is 0 Å². The van der Waals surface area contributed by atoms with Gasteiger partial charge in [-0.25, -0.2) is 0 Å². The zero-order valence-corrected chi connectivity index (χ0v) is 11.9. The summed E-state index contributed by atoms with van der Waals surface area (Å²) in [4.78, 5) is 24.0. The van der Waals surface area contributed by atoms with E-state index in [9.17, 15) is 14.9 Å². The van der Waals surface area contributed by atoms with Crippen LogP contribution in [0.2, 0.25) is 0 Å². The smallest absolute Gasteiger partial charge is 0.310 e. The van der Waals surface area contributed by atoms with Gasteiger partial charge in [-0.15, -0.1) is 0 Å². The average Bonchev–Trinajstić information content (AvgIpc) is 2.46. The molecule has 0 aliphatic heterocycles. The van der Waals surface area contributed by atoms with E-state index in [2.05, 4.69) is 6.92 Å². The Hall–Kier alpha value is -2.11. The molecule has 1 rings (SSSR count). The number of carbonyl (C=O) groups excluding carboxylic acids is 1. The van der Waals surface area contributed by atoms with Crippen LogP contribution in [0.4, 0.5) is 5.69 Å². The summed E-state index contributed by atoms with van der Waals surface area (Å²) in [5.74, 6) is -0.0310. The fourth-order valence-electron chi connectivity index (χ4n) is 1.77. The van der Waals surface area contributed by atoms with Crippen molar-refractivity contribution >= 4 is 11.6 Å². The number of nitro benzene ring substituents is 1. The number of nitrogens with zero attached hydrogens (tertiary/aromatic N) is 2. The summed E-state index contributed by atoms with van der Waals surface area (Å²) >= 11 is 0. The van der Waals surface area contributed by atoms with Crippen LogP contribution in [0.3, 0.4) is 0 Å². The lowest BCUT2D eigenvalue weighted by molar-refractivity contribution is -0.385. The molecule has 1 aromatic rings. The molecule has 0 saturated carbocycles. The van der Waals surface area contributed by atoms with Crippen LogP contribution in [-0.4, -0.2) is 35.4 Å². The van der Waals surface area contributed by atoms with Gasteiger partial charge < -0.3 is 9.64 Å². The molecule has 0 N–H and O–H groups in total. The van der Waals surface area contributed by atoms with E-state index in [0.717, 1.165) is 12.8 Å². The molecule has 0 aromatic heterocycles. The lowest BCUT2D eigenvalue weighted by Crippen LogP contribution is -2.35. The predicted octanol–water partition coefficient (Wildman–Crippen LogP) is 2.62. The number of carbonyl (C=O) groups is 1. The highest BCUT2D eigenvalue weighted by atomic mass is 16.6. The molecule has 0 saturated heterocycles. The van der Waals surface area contributed by atoms with Crippen molar-refractivity contribution < 1.29 is 14.5 Å². The Kier molecular flexibility index (Phi) is 6.49. The maximum Gasteiger partial charge on any atom is 0.310 e. The van der Waals surface area contributed by atoms with Crippen molar-refractivity contribution in [1.82, 2.24) is 4.90 Å². The second kappa shape index (κ2) is 8.14. The fraction of sp³-hybridized carbons (Fsp3) is 0.500. The lowest BCUT2D eigenvalue weighted by atomic mass is 10.3. The minimum Gasteiger partial charge on any atom is -0.477 e. The number of hydrogen-bond acceptors (Lipinski definition) is 4. The molecule has 0 heterocycles. The second-order valence-corrected chi connectivity index (χ2v) is 4.34. The Bertz CT molecular complexity index is 462. The molecule has 0 spiro atoms. The first-order valence-corrected chi connectivity index (χ1v) is 6.74. The first-order valence-electron chi connectivity index (χ1n) is 6.74. The number of rotatable bonds is 8. The molecule has 0 unspecified atom stereocenters. The van der Waals surface area contributed by atoms with E-state index >= 15 is 0 Å². The number of unbranched alkanes of at least 4 members (excludes halogenated alkanes) is 1. The molecule has 0 bridgehead atoms. The van der Waals surface area contributed by atoms with Crippen LogP contribution in [0, 0.1) is 10.1 Å². The molecular formula is C14H20N2O4. The van der Waals surface area contributed by atoms with Crippen LogP contribution in [0.25, 0.3) is 0 Å². The summed E-state index contributed by atoms with van der Waals surface area (Å²) in [5.41, 5.74) is -0.128. The van der Waals surface area contributed by atoms with E-state index in [1.54, 1.807) is 17.0 Å². The molecule has 1 amide bonds. The highest BCUT2D eigenvalue weighted by Crippen LogP contribution is 2.25. The van der Waals surface area contributed by atoms with Gasteiger partial charge in [-0.1, -0.05) is 25.5 Å². The number of hydrogen-bond donors (Lipinski definition) is 0. The molecule has 20 heavy (non-hydrogen) atoms. The summed E-state index contributed by atoms with van der Waals surface area (Å²) in [6.45, 7) is 5.08. The number of benzene rings is 1. The number of likely N-dealkylation sites (N-methyl/N-ethyl adjacent to an activating group) is 1. The van der Waals surface area contributed by atoms with Gasteiger partial charge in [0.05, 0.1) is 4.92 Å². The first kappa shape index (κ1) is 15.9. The second-order valence-electron chi connectivity index (χ2n) is 4.34. The van der Waals surface area contributed by atoms with Crippen molar-refractivity contribution in [2.75, 3.05) is 19.7 Å². The third-order valence-electron chi connectivity index (χ3n) is 2.93. The molecule has 1 aromatic carbocycles. The van der Waals surface area contributed by atoms with Crippen LogP contribution in [0.5, 0.6) is 5.75 Å². The van der Waals surface area contributed by atoms with Crippen LogP contribution < -0.4 is 4.74 Å². The zero-order valence-electron chi connectivity index (χ0n) is 11.9. The lowest BCUT2D eigenvalue weighted by Gasteiger charge is -2.20. The molecule has 0 radical (unpaired) electrons. The van der Waals surface area contributed by atoms with Crippen molar-refractivity contribution in [3.8, 4) is 5.75 Å². The molecule has 0 aliphatic rings. The summed E-state index contributed by atoms with van der Waals surface area (Å²) in [5, 5.41) is 10.8.